The summed E-state index contributed by atoms with van der Waals surface area (Å²) in [6, 6.07) is 12.9. The van der Waals surface area contributed by atoms with Gasteiger partial charge in [-0.1, -0.05) is 31.5 Å². The van der Waals surface area contributed by atoms with Crippen molar-refractivity contribution in [3.05, 3.63) is 69.8 Å². The number of anilines is 1. The van der Waals surface area contributed by atoms with Crippen LogP contribution >= 0.6 is 11.3 Å². The summed E-state index contributed by atoms with van der Waals surface area (Å²) in [6.45, 7) is 4.05. The van der Waals surface area contributed by atoms with Gasteiger partial charge in [-0.25, -0.2) is 4.98 Å². The smallest absolute Gasteiger partial charge is 0.257 e. The number of amides is 2. The number of primary amides is 1. The lowest BCUT2D eigenvalue weighted by atomic mass is 9.85. The number of hydrogen-bond donors (Lipinski definition) is 2. The van der Waals surface area contributed by atoms with E-state index in [1.165, 1.54) is 11.3 Å². The van der Waals surface area contributed by atoms with E-state index >= 15 is 0 Å². The molecule has 1 aromatic carbocycles. The van der Waals surface area contributed by atoms with E-state index < -0.39 is 5.91 Å². The van der Waals surface area contributed by atoms with Crippen LogP contribution in [-0.4, -0.2) is 16.8 Å². The van der Waals surface area contributed by atoms with Gasteiger partial charge in [-0.05, 0) is 61.9 Å². The van der Waals surface area contributed by atoms with Gasteiger partial charge in [0.25, 0.3) is 11.8 Å². The second kappa shape index (κ2) is 8.48. The number of thiophene rings is 1. The first-order chi connectivity index (χ1) is 15.9. The zero-order valence-corrected chi connectivity index (χ0v) is 19.4. The number of aromatic nitrogens is 1. The first-order valence-electron chi connectivity index (χ1n) is 11.2. The molecule has 4 aromatic rings. The van der Waals surface area contributed by atoms with E-state index in [-0.39, 0.29) is 5.91 Å². The summed E-state index contributed by atoms with van der Waals surface area (Å²) < 4.78 is 5.74. The zero-order chi connectivity index (χ0) is 23.1. The normalized spacial score (nSPS) is 15.4. The van der Waals surface area contributed by atoms with Gasteiger partial charge < -0.3 is 15.5 Å². The fourth-order valence-corrected chi connectivity index (χ4v) is 5.95. The standard InChI is InChI=1S/C26H25N3O3S/c1-3-15-9-10-17-22(12-15)33-26(23(17)24(27)30)29-25(31)18-13-20(21-11-8-14(2)32-21)28-19-7-5-4-6-16(18)19/h4-8,11,13,15H,3,9-10,12H2,1-2H3,(H2,27,30)(H,29,31). The number of nitrogens with two attached hydrogens (primary N) is 1. The molecule has 168 valence electrons. The van der Waals surface area contributed by atoms with E-state index in [0.717, 1.165) is 47.3 Å². The third-order valence-corrected chi connectivity index (χ3v) is 7.54. The molecule has 0 aliphatic heterocycles. The van der Waals surface area contributed by atoms with Crippen LogP contribution < -0.4 is 11.1 Å². The van der Waals surface area contributed by atoms with Crippen molar-refractivity contribution in [2.24, 2.45) is 11.7 Å². The summed E-state index contributed by atoms with van der Waals surface area (Å²) in [6.07, 6.45) is 3.88. The van der Waals surface area contributed by atoms with Crippen molar-refractivity contribution < 1.29 is 14.0 Å². The van der Waals surface area contributed by atoms with E-state index in [1.54, 1.807) is 6.07 Å². The quantitative estimate of drug-likeness (QED) is 0.398. The van der Waals surface area contributed by atoms with Crippen molar-refractivity contribution in [3.8, 4) is 11.5 Å². The van der Waals surface area contributed by atoms with Gasteiger partial charge in [-0.2, -0.15) is 0 Å². The van der Waals surface area contributed by atoms with Gasteiger partial charge in [0.15, 0.2) is 5.76 Å². The molecule has 2 amide bonds. The third kappa shape index (κ3) is 3.93. The number of nitrogens with one attached hydrogen (secondary N) is 1. The highest BCUT2D eigenvalue weighted by molar-refractivity contribution is 7.17. The first kappa shape index (κ1) is 21.4. The van der Waals surface area contributed by atoms with Gasteiger partial charge in [-0.15, -0.1) is 11.3 Å². The molecule has 3 aromatic heterocycles. The lowest BCUT2D eigenvalue weighted by Gasteiger charge is -2.20. The molecule has 3 N–H and O–H groups in total. The van der Waals surface area contributed by atoms with Crippen LogP contribution in [0.15, 0.2) is 46.9 Å². The number of furan rings is 1. The number of hydrogen-bond acceptors (Lipinski definition) is 5. The molecule has 0 bridgehead atoms. The van der Waals surface area contributed by atoms with Crippen LogP contribution in [0.1, 0.15) is 56.7 Å². The first-order valence-corrected chi connectivity index (χ1v) is 12.0. The average Bonchev–Trinajstić information content (AvgIpc) is 3.40. The van der Waals surface area contributed by atoms with E-state index in [4.69, 9.17) is 10.2 Å². The summed E-state index contributed by atoms with van der Waals surface area (Å²) in [5.41, 5.74) is 8.95. The molecule has 5 rings (SSSR count). The monoisotopic (exact) mass is 459 g/mol. The summed E-state index contributed by atoms with van der Waals surface area (Å²) in [5.74, 6) is 1.17. The molecule has 0 spiro atoms. The maximum Gasteiger partial charge on any atom is 0.257 e. The van der Waals surface area contributed by atoms with Gasteiger partial charge >= 0.3 is 0 Å². The Morgan fingerprint density at radius 3 is 2.79 bits per heavy atom. The summed E-state index contributed by atoms with van der Waals surface area (Å²) in [5, 5.41) is 4.26. The lowest BCUT2D eigenvalue weighted by Crippen LogP contribution is -2.20. The number of aryl methyl sites for hydroxylation is 1. The number of benzene rings is 1. The third-order valence-electron chi connectivity index (χ3n) is 6.37. The highest BCUT2D eigenvalue weighted by atomic mass is 32.1. The molecule has 3 heterocycles. The fraction of sp³-hybridized carbons (Fsp3) is 0.269. The highest BCUT2D eigenvalue weighted by Crippen LogP contribution is 2.40. The second-order valence-electron chi connectivity index (χ2n) is 8.53. The van der Waals surface area contributed by atoms with Crippen molar-refractivity contribution in [2.75, 3.05) is 5.32 Å². The van der Waals surface area contributed by atoms with Gasteiger partial charge in [-0.3, -0.25) is 9.59 Å². The number of carbonyl (C=O) groups excluding carboxylic acids is 2. The molecular weight excluding hydrogens is 434 g/mol. The molecule has 33 heavy (non-hydrogen) atoms. The van der Waals surface area contributed by atoms with Gasteiger partial charge in [0, 0.05) is 10.3 Å². The number of carbonyl (C=O) groups is 2. The number of fused-ring (bicyclic) bond motifs is 2. The maximum atomic E-state index is 13.5. The molecule has 1 aliphatic rings. The maximum absolute atomic E-state index is 13.5. The topological polar surface area (TPSA) is 98.2 Å². The van der Waals surface area contributed by atoms with Crippen molar-refractivity contribution in [3.63, 3.8) is 0 Å². The molecule has 1 atom stereocenters. The second-order valence-corrected chi connectivity index (χ2v) is 9.63. The van der Waals surface area contributed by atoms with Gasteiger partial charge in [0.1, 0.15) is 16.5 Å². The van der Waals surface area contributed by atoms with Crippen molar-refractivity contribution in [1.82, 2.24) is 4.98 Å². The molecule has 0 saturated heterocycles. The van der Waals surface area contributed by atoms with Crippen LogP contribution in [0.5, 0.6) is 0 Å². The van der Waals surface area contributed by atoms with Crippen molar-refractivity contribution >= 4 is 39.1 Å². The fourth-order valence-electron chi connectivity index (χ4n) is 4.58. The Hall–Kier alpha value is -3.45. The molecule has 0 radical (unpaired) electrons. The number of pyridine rings is 1. The van der Waals surface area contributed by atoms with Gasteiger partial charge in [0.2, 0.25) is 0 Å². The Labute approximate surface area is 195 Å². The minimum Gasteiger partial charge on any atom is -0.460 e. The lowest BCUT2D eigenvalue weighted by molar-refractivity contribution is 0.1000. The Bertz CT molecular complexity index is 1380. The van der Waals surface area contributed by atoms with Crippen LogP contribution in [0.2, 0.25) is 0 Å². The molecule has 6 nitrogen and oxygen atoms in total. The predicted molar refractivity (Wildman–Crippen MR) is 131 cm³/mol. The average molecular weight is 460 g/mol. The SMILES string of the molecule is CCC1CCc2c(sc(NC(=O)c3cc(-c4ccc(C)o4)nc4ccccc34)c2C(N)=O)C1. The Morgan fingerprint density at radius 2 is 2.06 bits per heavy atom. The largest absolute Gasteiger partial charge is 0.460 e. The Balaban J connectivity index is 1.56. The van der Waals surface area contributed by atoms with E-state index in [0.29, 0.717) is 39.0 Å². The van der Waals surface area contributed by atoms with Crippen molar-refractivity contribution in [1.29, 1.82) is 0 Å². The number of rotatable bonds is 5. The van der Waals surface area contributed by atoms with Crippen LogP contribution in [-0.2, 0) is 12.8 Å². The minimum absolute atomic E-state index is 0.300. The van der Waals surface area contributed by atoms with E-state index in [2.05, 4.69) is 17.2 Å². The number of para-hydroxylation sites is 1. The Kier molecular flexibility index (Phi) is 5.50. The van der Waals surface area contributed by atoms with Crippen LogP contribution in [0.4, 0.5) is 5.00 Å². The van der Waals surface area contributed by atoms with Gasteiger partial charge in [0.05, 0.1) is 16.6 Å². The summed E-state index contributed by atoms with van der Waals surface area (Å²) in [4.78, 5) is 31.7. The van der Waals surface area contributed by atoms with Crippen LogP contribution in [0, 0.1) is 12.8 Å². The molecular formula is C26H25N3O3S. The summed E-state index contributed by atoms with van der Waals surface area (Å²) in [7, 11) is 0. The minimum atomic E-state index is -0.496. The molecule has 0 saturated carbocycles. The molecule has 1 aliphatic carbocycles. The summed E-state index contributed by atoms with van der Waals surface area (Å²) >= 11 is 1.47. The van der Waals surface area contributed by atoms with Crippen LogP contribution in [0.25, 0.3) is 22.4 Å². The number of nitrogens with zero attached hydrogens (tertiary/aromatic N) is 1. The molecule has 1 unspecified atom stereocenters. The van der Waals surface area contributed by atoms with E-state index in [9.17, 15) is 9.59 Å². The predicted octanol–water partition coefficient (Wildman–Crippen LogP) is 5.73. The van der Waals surface area contributed by atoms with E-state index in [1.807, 2.05) is 43.3 Å². The van der Waals surface area contributed by atoms with Crippen LogP contribution in [0.3, 0.4) is 0 Å². The molecule has 7 heteroatoms. The van der Waals surface area contributed by atoms with Crippen molar-refractivity contribution in [2.45, 2.75) is 39.5 Å². The Morgan fingerprint density at radius 1 is 1.24 bits per heavy atom. The highest BCUT2D eigenvalue weighted by Gasteiger charge is 2.28. The zero-order valence-electron chi connectivity index (χ0n) is 18.6. The molecule has 0 fully saturated rings.